The van der Waals surface area contributed by atoms with Gasteiger partial charge in [-0.3, -0.25) is 24.7 Å². The van der Waals surface area contributed by atoms with Gasteiger partial charge in [0.2, 0.25) is 5.95 Å². The van der Waals surface area contributed by atoms with Gasteiger partial charge in [0.1, 0.15) is 18.2 Å². The van der Waals surface area contributed by atoms with Crippen molar-refractivity contribution in [3.05, 3.63) is 70.7 Å². The molecule has 13 heteroatoms. The monoisotopic (exact) mass is 637 g/mol. The second kappa shape index (κ2) is 11.2. The van der Waals surface area contributed by atoms with Crippen LogP contribution in [0, 0.1) is 46.9 Å². The van der Waals surface area contributed by atoms with Crippen LogP contribution in [0.3, 0.4) is 0 Å². The number of nitriles is 2. The molecule has 3 aliphatic carbocycles. The van der Waals surface area contributed by atoms with Crippen molar-refractivity contribution in [1.29, 1.82) is 10.5 Å². The standard InChI is InChI=1S/C34H36FN9O3/c1-18-24(7-8-27(35)39-18)30(26-17-43(41-42(26)6)34-11-20(12-34)13-34)44(31(45)32(46)47)23-9-21(14-36)28-25(10-23)29(22(15-37)16-38-28)40-19(2)33(3,4)5/h7-10,16-17,19-20,30,41H,11-13H2,1-6H3,(H,38,40)(H,46,47)/t19-,20?,30+,34?/m1/s1. The fraction of sp³-hybridized carbons (Fsp3) is 0.412. The number of carboxylic acids is 1. The molecule has 3 N–H and O–H groups in total. The van der Waals surface area contributed by atoms with E-state index in [0.29, 0.717) is 28.3 Å². The predicted molar refractivity (Wildman–Crippen MR) is 171 cm³/mol. The molecule has 0 spiro atoms. The van der Waals surface area contributed by atoms with E-state index in [4.69, 9.17) is 0 Å². The number of aromatic nitrogens is 2. The Bertz CT molecular complexity index is 1920. The second-order valence-corrected chi connectivity index (χ2v) is 13.9. The molecule has 0 unspecified atom stereocenters. The Balaban J connectivity index is 1.61. The number of aryl methyl sites for hydroxylation is 1. The highest BCUT2D eigenvalue weighted by molar-refractivity contribution is 6.37. The number of hydrogen-bond acceptors (Lipinski definition) is 10. The van der Waals surface area contributed by atoms with Crippen LogP contribution < -0.4 is 15.8 Å². The molecule has 242 valence electrons. The molecule has 0 radical (unpaired) electrons. The Kier molecular flexibility index (Phi) is 7.56. The third kappa shape index (κ3) is 5.26. The van der Waals surface area contributed by atoms with Crippen LogP contribution in [-0.4, -0.2) is 55.6 Å². The van der Waals surface area contributed by atoms with Gasteiger partial charge in [0, 0.05) is 47.8 Å². The summed E-state index contributed by atoms with van der Waals surface area (Å²) in [5.74, 6) is -3.04. The van der Waals surface area contributed by atoms with E-state index in [1.165, 1.54) is 24.4 Å². The Morgan fingerprint density at radius 1 is 1.19 bits per heavy atom. The number of likely N-dealkylation sites (N-methyl/N-ethyl adjacent to an activating group) is 1. The molecule has 1 amide bonds. The third-order valence-corrected chi connectivity index (χ3v) is 9.89. The number of carboxylic acid groups (broad SMARTS) is 1. The van der Waals surface area contributed by atoms with Gasteiger partial charge in [0.05, 0.1) is 33.6 Å². The minimum absolute atomic E-state index is 0.0659. The normalized spacial score (nSPS) is 21.1. The number of carbonyl (C=O) groups excluding carboxylic acids is 1. The van der Waals surface area contributed by atoms with E-state index < -0.39 is 23.9 Å². The van der Waals surface area contributed by atoms with Crippen LogP contribution in [0.2, 0.25) is 0 Å². The van der Waals surface area contributed by atoms with Crippen LogP contribution >= 0.6 is 0 Å². The number of halogens is 1. The van der Waals surface area contributed by atoms with Crippen molar-refractivity contribution in [2.45, 2.75) is 71.5 Å². The number of pyridine rings is 2. The number of hydrazine groups is 2. The molecule has 0 saturated heterocycles. The van der Waals surface area contributed by atoms with Crippen molar-refractivity contribution < 1.29 is 19.1 Å². The van der Waals surface area contributed by atoms with E-state index in [1.54, 1.807) is 25.0 Å². The van der Waals surface area contributed by atoms with E-state index in [0.717, 1.165) is 24.2 Å². The lowest BCUT2D eigenvalue weighted by Crippen LogP contribution is -2.69. The van der Waals surface area contributed by atoms with Gasteiger partial charge in [-0.1, -0.05) is 26.8 Å². The molecule has 12 nitrogen and oxygen atoms in total. The van der Waals surface area contributed by atoms with Gasteiger partial charge in [-0.25, -0.2) is 9.78 Å². The average Bonchev–Trinajstić information content (AvgIpc) is 3.33. The van der Waals surface area contributed by atoms with Crippen molar-refractivity contribution in [2.24, 2.45) is 11.3 Å². The van der Waals surface area contributed by atoms with Gasteiger partial charge in [0.15, 0.2) is 0 Å². The zero-order valence-corrected chi connectivity index (χ0v) is 27.1. The van der Waals surface area contributed by atoms with Gasteiger partial charge < -0.3 is 10.4 Å². The molecular weight excluding hydrogens is 601 g/mol. The molecule has 2 aromatic heterocycles. The first kappa shape index (κ1) is 31.7. The minimum atomic E-state index is -1.73. The average molecular weight is 638 g/mol. The molecule has 3 aromatic rings. The van der Waals surface area contributed by atoms with E-state index in [-0.39, 0.29) is 45.0 Å². The van der Waals surface area contributed by atoms with Crippen LogP contribution in [0.15, 0.2) is 42.4 Å². The Labute approximate surface area is 272 Å². The topological polar surface area (TPSA) is 162 Å². The lowest BCUT2D eigenvalue weighted by atomic mass is 9.49. The van der Waals surface area contributed by atoms with E-state index >= 15 is 0 Å². The number of benzene rings is 1. The molecule has 7 rings (SSSR count). The van der Waals surface area contributed by atoms with Gasteiger partial charge >= 0.3 is 11.9 Å². The number of carbonyl (C=O) groups is 2. The fourth-order valence-electron chi connectivity index (χ4n) is 6.62. The number of nitrogens with zero attached hydrogens (tertiary/aromatic N) is 7. The summed E-state index contributed by atoms with van der Waals surface area (Å²) in [6.45, 7) is 9.69. The number of fused-ring (bicyclic) bond motifs is 1. The molecular formula is C34H36FN9O3. The molecule has 3 saturated carbocycles. The van der Waals surface area contributed by atoms with Crippen LogP contribution in [0.5, 0.6) is 0 Å². The predicted octanol–water partition coefficient (Wildman–Crippen LogP) is 4.89. The summed E-state index contributed by atoms with van der Waals surface area (Å²) >= 11 is 0. The number of nitrogens with one attached hydrogen (secondary N) is 2. The zero-order chi connectivity index (χ0) is 34.0. The summed E-state index contributed by atoms with van der Waals surface area (Å²) < 4.78 is 14.3. The fourth-order valence-corrected chi connectivity index (χ4v) is 6.62. The summed E-state index contributed by atoms with van der Waals surface area (Å²) in [6, 6.07) is 8.70. The SMILES string of the molecule is Cc1nc(F)ccc1[C@@H](C1=CN(C23CC(C2)C3)NN1C)N(C(=O)C(=O)O)c1cc(C#N)c2ncc(C#N)c(N[C@H](C)C(C)(C)C)c2c1. The smallest absolute Gasteiger partial charge is 0.395 e. The quantitative estimate of drug-likeness (QED) is 0.239. The number of amides is 1. The Morgan fingerprint density at radius 3 is 2.43 bits per heavy atom. The maximum atomic E-state index is 14.3. The number of anilines is 2. The number of hydrogen-bond donors (Lipinski definition) is 3. The summed E-state index contributed by atoms with van der Waals surface area (Å²) in [4.78, 5) is 36.0. The van der Waals surface area contributed by atoms with Gasteiger partial charge in [0.25, 0.3) is 0 Å². The molecule has 3 fully saturated rings. The first-order valence-corrected chi connectivity index (χ1v) is 15.4. The van der Waals surface area contributed by atoms with Crippen molar-refractivity contribution in [3.63, 3.8) is 0 Å². The molecule has 47 heavy (non-hydrogen) atoms. The first-order valence-electron chi connectivity index (χ1n) is 15.4. The zero-order valence-electron chi connectivity index (χ0n) is 27.1. The summed E-state index contributed by atoms with van der Waals surface area (Å²) in [5.41, 5.74) is 5.28. The Morgan fingerprint density at radius 2 is 1.87 bits per heavy atom. The molecule has 2 bridgehead atoms. The summed E-state index contributed by atoms with van der Waals surface area (Å²) in [5, 5.41) is 38.0. The largest absolute Gasteiger partial charge is 0.474 e. The first-order chi connectivity index (χ1) is 22.2. The van der Waals surface area contributed by atoms with E-state index in [9.17, 15) is 29.6 Å². The molecule has 1 aliphatic heterocycles. The van der Waals surface area contributed by atoms with Crippen LogP contribution in [0.1, 0.15) is 75.4 Å². The highest BCUT2D eigenvalue weighted by Crippen LogP contribution is 2.61. The lowest BCUT2D eigenvalue weighted by molar-refractivity contribution is -0.154. The Hall–Kier alpha value is -5.27. The molecule has 1 aromatic carbocycles. The highest BCUT2D eigenvalue weighted by atomic mass is 19.1. The summed E-state index contributed by atoms with van der Waals surface area (Å²) in [6.07, 6.45) is 6.31. The van der Waals surface area contributed by atoms with E-state index in [2.05, 4.69) is 33.0 Å². The van der Waals surface area contributed by atoms with Crippen molar-refractivity contribution in [3.8, 4) is 12.1 Å². The van der Waals surface area contributed by atoms with E-state index in [1.807, 2.05) is 38.9 Å². The second-order valence-electron chi connectivity index (χ2n) is 13.9. The third-order valence-electron chi connectivity index (χ3n) is 9.89. The molecule has 2 atom stereocenters. The van der Waals surface area contributed by atoms with Crippen LogP contribution in [0.4, 0.5) is 15.8 Å². The lowest BCUT2D eigenvalue weighted by Gasteiger charge is -2.65. The maximum absolute atomic E-state index is 14.3. The summed E-state index contributed by atoms with van der Waals surface area (Å²) in [7, 11) is 1.76. The minimum Gasteiger partial charge on any atom is -0.474 e. The van der Waals surface area contributed by atoms with Gasteiger partial charge in [-0.2, -0.15) is 14.9 Å². The van der Waals surface area contributed by atoms with Crippen molar-refractivity contribution >= 4 is 34.2 Å². The molecule has 3 heterocycles. The van der Waals surface area contributed by atoms with Gasteiger partial charge in [-0.15, -0.1) is 5.53 Å². The van der Waals surface area contributed by atoms with Crippen LogP contribution in [0.25, 0.3) is 10.9 Å². The highest BCUT2D eigenvalue weighted by Gasteiger charge is 2.61. The maximum Gasteiger partial charge on any atom is 0.395 e. The van der Waals surface area contributed by atoms with Crippen molar-refractivity contribution in [2.75, 3.05) is 17.3 Å². The van der Waals surface area contributed by atoms with Crippen LogP contribution in [-0.2, 0) is 9.59 Å². The number of rotatable bonds is 7. The van der Waals surface area contributed by atoms with Gasteiger partial charge in [-0.05, 0) is 62.6 Å². The molecule has 4 aliphatic rings. The van der Waals surface area contributed by atoms with Crippen molar-refractivity contribution in [1.82, 2.24) is 25.5 Å². The number of aliphatic carboxylic acids is 1.